The number of carbonyl (C=O) groups is 1. The number of amides is 1. The number of aromatic nitrogens is 1. The third-order valence-corrected chi connectivity index (χ3v) is 6.58. The van der Waals surface area contributed by atoms with Gasteiger partial charge >= 0.3 is 0 Å². The molecule has 5 nitrogen and oxygen atoms in total. The van der Waals surface area contributed by atoms with Crippen LogP contribution in [0.15, 0.2) is 30.3 Å². The summed E-state index contributed by atoms with van der Waals surface area (Å²) < 4.78 is 0. The zero-order valence-electron chi connectivity index (χ0n) is 16.7. The Bertz CT molecular complexity index is 975. The number of thiophene rings is 1. The molecular formula is C22H28N4OS. The van der Waals surface area contributed by atoms with Crippen molar-refractivity contribution in [3.8, 4) is 0 Å². The molecular weight excluding hydrogens is 368 g/mol. The molecule has 0 saturated carbocycles. The highest BCUT2D eigenvalue weighted by molar-refractivity contribution is 7.20. The number of nitrogens with one attached hydrogen (secondary N) is 1. The van der Waals surface area contributed by atoms with Gasteiger partial charge in [0, 0.05) is 43.5 Å². The Morgan fingerprint density at radius 1 is 1.11 bits per heavy atom. The van der Waals surface area contributed by atoms with Gasteiger partial charge in [0.1, 0.15) is 4.83 Å². The second-order valence-corrected chi connectivity index (χ2v) is 8.61. The molecule has 1 N–H and O–H groups in total. The van der Waals surface area contributed by atoms with Crippen molar-refractivity contribution in [1.29, 1.82) is 0 Å². The Labute approximate surface area is 170 Å². The number of piperazine rings is 1. The lowest BCUT2D eigenvalue weighted by Crippen LogP contribution is -2.46. The van der Waals surface area contributed by atoms with E-state index < -0.39 is 0 Å². The van der Waals surface area contributed by atoms with E-state index in [0.717, 1.165) is 78.2 Å². The van der Waals surface area contributed by atoms with E-state index in [-0.39, 0.29) is 5.91 Å². The number of likely N-dealkylation sites (N-methyl/N-ethyl adjacent to an activating group) is 1. The summed E-state index contributed by atoms with van der Waals surface area (Å²) in [6, 6.07) is 10.4. The first kappa shape index (κ1) is 19.3. The third-order valence-electron chi connectivity index (χ3n) is 5.53. The standard InChI is InChI=1S/C22H28N4OS/c1-3-25-9-11-26(12-10-25)8-4-7-23-21(27)20-15-18-14-17-6-5-16(2)13-19(17)24-22(18)28-20/h5-6,13-15H,3-4,7-12H2,1-2H3,(H,23,27). The highest BCUT2D eigenvalue weighted by Crippen LogP contribution is 2.27. The number of carbonyl (C=O) groups excluding carboxylic acids is 1. The number of hydrogen-bond acceptors (Lipinski definition) is 5. The number of aryl methyl sites for hydroxylation is 1. The summed E-state index contributed by atoms with van der Waals surface area (Å²) in [5.41, 5.74) is 2.19. The third kappa shape index (κ3) is 4.35. The lowest BCUT2D eigenvalue weighted by molar-refractivity contribution is 0.0952. The number of pyridine rings is 1. The first-order valence-corrected chi connectivity index (χ1v) is 11.0. The lowest BCUT2D eigenvalue weighted by Gasteiger charge is -2.33. The maximum Gasteiger partial charge on any atom is 0.261 e. The molecule has 2 aromatic heterocycles. The number of benzene rings is 1. The van der Waals surface area contributed by atoms with E-state index in [9.17, 15) is 4.79 Å². The molecule has 1 saturated heterocycles. The van der Waals surface area contributed by atoms with Crippen LogP contribution in [-0.2, 0) is 0 Å². The number of nitrogens with zero attached hydrogens (tertiary/aromatic N) is 3. The Hall–Kier alpha value is -2.02. The maximum absolute atomic E-state index is 12.5. The summed E-state index contributed by atoms with van der Waals surface area (Å²) in [6.45, 7) is 11.8. The van der Waals surface area contributed by atoms with Gasteiger partial charge in [-0.1, -0.05) is 19.1 Å². The number of fused-ring (bicyclic) bond motifs is 2. The van der Waals surface area contributed by atoms with Crippen molar-refractivity contribution in [3.05, 3.63) is 40.8 Å². The first-order valence-electron chi connectivity index (χ1n) is 10.2. The monoisotopic (exact) mass is 396 g/mol. The minimum Gasteiger partial charge on any atom is -0.351 e. The summed E-state index contributed by atoms with van der Waals surface area (Å²) in [5, 5.41) is 5.24. The molecule has 0 radical (unpaired) electrons. The second kappa shape index (κ2) is 8.55. The number of rotatable bonds is 6. The molecule has 0 atom stereocenters. The SMILES string of the molecule is CCN1CCN(CCCNC(=O)c2cc3cc4ccc(C)cc4nc3s2)CC1. The minimum absolute atomic E-state index is 0.0130. The largest absolute Gasteiger partial charge is 0.351 e. The second-order valence-electron chi connectivity index (χ2n) is 7.57. The van der Waals surface area contributed by atoms with E-state index in [2.05, 4.69) is 53.2 Å². The van der Waals surface area contributed by atoms with Gasteiger partial charge in [0.05, 0.1) is 10.4 Å². The normalized spacial score (nSPS) is 16.1. The zero-order chi connectivity index (χ0) is 19.5. The molecule has 0 unspecified atom stereocenters. The van der Waals surface area contributed by atoms with Crippen LogP contribution in [0.2, 0.25) is 0 Å². The maximum atomic E-state index is 12.5. The highest BCUT2D eigenvalue weighted by atomic mass is 32.1. The predicted octanol–water partition coefficient (Wildman–Crippen LogP) is 3.52. The topological polar surface area (TPSA) is 48.5 Å². The summed E-state index contributed by atoms with van der Waals surface area (Å²) >= 11 is 1.48. The number of hydrogen-bond donors (Lipinski definition) is 1. The summed E-state index contributed by atoms with van der Waals surface area (Å²) in [7, 11) is 0. The van der Waals surface area contributed by atoms with E-state index in [1.54, 1.807) is 0 Å². The van der Waals surface area contributed by atoms with Crippen molar-refractivity contribution in [3.63, 3.8) is 0 Å². The van der Waals surface area contributed by atoms with Crippen molar-refractivity contribution in [2.75, 3.05) is 45.8 Å². The predicted molar refractivity (Wildman–Crippen MR) is 117 cm³/mol. The molecule has 1 aliphatic heterocycles. The highest BCUT2D eigenvalue weighted by Gasteiger charge is 2.15. The fourth-order valence-corrected chi connectivity index (χ4v) is 4.71. The minimum atomic E-state index is 0.0130. The average Bonchev–Trinajstić information content (AvgIpc) is 3.12. The van der Waals surface area contributed by atoms with Crippen LogP contribution >= 0.6 is 11.3 Å². The van der Waals surface area contributed by atoms with Gasteiger partial charge in [-0.05, 0) is 50.2 Å². The molecule has 6 heteroatoms. The molecule has 1 aliphatic rings. The molecule has 4 rings (SSSR count). The molecule has 1 amide bonds. The molecule has 1 aromatic carbocycles. The van der Waals surface area contributed by atoms with Crippen LogP contribution in [0, 0.1) is 6.92 Å². The van der Waals surface area contributed by atoms with Gasteiger partial charge in [0.15, 0.2) is 0 Å². The molecule has 0 spiro atoms. The van der Waals surface area contributed by atoms with Gasteiger partial charge in [0.2, 0.25) is 0 Å². The van der Waals surface area contributed by atoms with Crippen LogP contribution in [0.3, 0.4) is 0 Å². The van der Waals surface area contributed by atoms with E-state index in [1.807, 2.05) is 6.07 Å². The molecule has 0 aliphatic carbocycles. The Morgan fingerprint density at radius 3 is 2.68 bits per heavy atom. The van der Waals surface area contributed by atoms with Gasteiger partial charge in [-0.15, -0.1) is 11.3 Å². The van der Waals surface area contributed by atoms with Crippen LogP contribution < -0.4 is 5.32 Å². The summed E-state index contributed by atoms with van der Waals surface area (Å²) in [6.07, 6.45) is 0.990. The van der Waals surface area contributed by atoms with Gasteiger partial charge in [0.25, 0.3) is 5.91 Å². The molecule has 3 heterocycles. The van der Waals surface area contributed by atoms with Crippen LogP contribution in [0.25, 0.3) is 21.1 Å². The van der Waals surface area contributed by atoms with Crippen LogP contribution in [0.1, 0.15) is 28.6 Å². The Morgan fingerprint density at radius 2 is 1.89 bits per heavy atom. The molecule has 148 valence electrons. The molecule has 0 bridgehead atoms. The molecule has 3 aromatic rings. The van der Waals surface area contributed by atoms with E-state index >= 15 is 0 Å². The Balaban J connectivity index is 1.32. The summed E-state index contributed by atoms with van der Waals surface area (Å²) in [4.78, 5) is 23.9. The zero-order valence-corrected chi connectivity index (χ0v) is 17.5. The van der Waals surface area contributed by atoms with E-state index in [1.165, 1.54) is 16.9 Å². The summed E-state index contributed by atoms with van der Waals surface area (Å²) in [5.74, 6) is 0.0130. The lowest BCUT2D eigenvalue weighted by atomic mass is 10.1. The quantitative estimate of drug-likeness (QED) is 0.648. The van der Waals surface area contributed by atoms with Gasteiger partial charge in [-0.25, -0.2) is 4.98 Å². The fourth-order valence-electron chi connectivity index (χ4n) is 3.77. The van der Waals surface area contributed by atoms with Crippen LogP contribution in [0.5, 0.6) is 0 Å². The van der Waals surface area contributed by atoms with Crippen molar-refractivity contribution < 1.29 is 4.79 Å². The van der Waals surface area contributed by atoms with Crippen LogP contribution in [-0.4, -0.2) is 66.5 Å². The van der Waals surface area contributed by atoms with Crippen molar-refractivity contribution in [1.82, 2.24) is 20.1 Å². The van der Waals surface area contributed by atoms with Gasteiger partial charge in [-0.2, -0.15) is 0 Å². The van der Waals surface area contributed by atoms with E-state index in [4.69, 9.17) is 4.98 Å². The first-order chi connectivity index (χ1) is 13.6. The molecule has 1 fully saturated rings. The van der Waals surface area contributed by atoms with Crippen molar-refractivity contribution in [2.45, 2.75) is 20.3 Å². The van der Waals surface area contributed by atoms with Gasteiger partial charge < -0.3 is 15.1 Å². The van der Waals surface area contributed by atoms with Gasteiger partial charge in [-0.3, -0.25) is 4.79 Å². The smallest absolute Gasteiger partial charge is 0.261 e. The fraction of sp³-hybridized carbons (Fsp3) is 0.455. The average molecular weight is 397 g/mol. The van der Waals surface area contributed by atoms with E-state index in [0.29, 0.717) is 0 Å². The van der Waals surface area contributed by atoms with Crippen molar-refractivity contribution >= 4 is 38.4 Å². The molecule has 28 heavy (non-hydrogen) atoms. The Kier molecular flexibility index (Phi) is 5.90. The van der Waals surface area contributed by atoms with Crippen LogP contribution in [0.4, 0.5) is 0 Å². The van der Waals surface area contributed by atoms with Crippen molar-refractivity contribution in [2.24, 2.45) is 0 Å².